The fourth-order valence-corrected chi connectivity index (χ4v) is 3.14. The third-order valence-corrected chi connectivity index (χ3v) is 4.18. The number of rotatable bonds is 2. The van der Waals surface area contributed by atoms with Crippen LogP contribution in [0.4, 0.5) is 0 Å². The summed E-state index contributed by atoms with van der Waals surface area (Å²) in [4.78, 5) is 3.27. The third kappa shape index (κ3) is 1.96. The fraction of sp³-hybridized carbons (Fsp3) is 0.429. The van der Waals surface area contributed by atoms with Crippen molar-refractivity contribution in [3.05, 3.63) is 35.0 Å². The summed E-state index contributed by atoms with van der Waals surface area (Å²) in [6.45, 7) is 0. The Morgan fingerprint density at radius 3 is 2.82 bits per heavy atom. The van der Waals surface area contributed by atoms with Gasteiger partial charge < -0.3 is 10.7 Å². The van der Waals surface area contributed by atoms with Crippen molar-refractivity contribution >= 4 is 22.5 Å². The molecule has 0 aliphatic heterocycles. The molecular formula is C14H17ClN2. The second-order valence-corrected chi connectivity index (χ2v) is 5.44. The van der Waals surface area contributed by atoms with E-state index in [0.717, 1.165) is 10.5 Å². The summed E-state index contributed by atoms with van der Waals surface area (Å²) >= 11 is 5.98. The minimum Gasteiger partial charge on any atom is -0.361 e. The van der Waals surface area contributed by atoms with Gasteiger partial charge >= 0.3 is 0 Å². The molecule has 1 saturated carbocycles. The van der Waals surface area contributed by atoms with Gasteiger partial charge in [0.15, 0.2) is 0 Å². The summed E-state index contributed by atoms with van der Waals surface area (Å²) in [5.41, 5.74) is 8.72. The van der Waals surface area contributed by atoms with Crippen molar-refractivity contribution in [1.82, 2.24) is 4.98 Å². The van der Waals surface area contributed by atoms with Gasteiger partial charge in [-0.2, -0.15) is 0 Å². The van der Waals surface area contributed by atoms with Gasteiger partial charge in [0.25, 0.3) is 0 Å². The molecule has 0 saturated heterocycles. The minimum atomic E-state index is 0.160. The Labute approximate surface area is 106 Å². The second kappa shape index (κ2) is 4.35. The first-order valence-corrected chi connectivity index (χ1v) is 6.65. The van der Waals surface area contributed by atoms with Crippen LogP contribution < -0.4 is 5.73 Å². The van der Waals surface area contributed by atoms with E-state index in [4.69, 9.17) is 17.3 Å². The highest BCUT2D eigenvalue weighted by atomic mass is 35.5. The zero-order valence-electron chi connectivity index (χ0n) is 9.75. The third-order valence-electron chi connectivity index (χ3n) is 3.94. The molecule has 1 aromatic heterocycles. The van der Waals surface area contributed by atoms with Crippen molar-refractivity contribution in [3.63, 3.8) is 0 Å². The Balaban J connectivity index is 1.99. The van der Waals surface area contributed by atoms with Crippen LogP contribution in [0.2, 0.25) is 5.02 Å². The van der Waals surface area contributed by atoms with E-state index in [0.29, 0.717) is 5.92 Å². The largest absolute Gasteiger partial charge is 0.361 e. The quantitative estimate of drug-likeness (QED) is 0.828. The maximum atomic E-state index is 6.40. The highest BCUT2D eigenvalue weighted by Gasteiger charge is 2.24. The van der Waals surface area contributed by atoms with E-state index in [-0.39, 0.29) is 6.04 Å². The highest BCUT2D eigenvalue weighted by molar-refractivity contribution is 6.31. The molecule has 3 rings (SSSR count). The van der Waals surface area contributed by atoms with Crippen LogP contribution >= 0.6 is 11.6 Å². The zero-order chi connectivity index (χ0) is 11.8. The van der Waals surface area contributed by atoms with E-state index in [2.05, 4.69) is 11.1 Å². The number of hydrogen-bond acceptors (Lipinski definition) is 1. The monoisotopic (exact) mass is 248 g/mol. The molecule has 1 atom stereocenters. The first kappa shape index (κ1) is 11.1. The molecule has 2 nitrogen and oxygen atoms in total. The van der Waals surface area contributed by atoms with Crippen LogP contribution in [0.25, 0.3) is 10.9 Å². The van der Waals surface area contributed by atoms with Gasteiger partial charge in [-0.25, -0.2) is 0 Å². The minimum absolute atomic E-state index is 0.160. The molecule has 0 spiro atoms. The molecule has 3 N–H and O–H groups in total. The lowest BCUT2D eigenvalue weighted by molar-refractivity contribution is 0.447. The van der Waals surface area contributed by atoms with Crippen LogP contribution in [0.1, 0.15) is 37.3 Å². The van der Waals surface area contributed by atoms with E-state index in [1.807, 2.05) is 18.3 Å². The number of aromatic amines is 1. The molecule has 17 heavy (non-hydrogen) atoms. The number of nitrogens with two attached hydrogens (primary N) is 1. The molecule has 0 amide bonds. The Kier molecular flexibility index (Phi) is 2.85. The number of halogens is 1. The average Bonchev–Trinajstić information content (AvgIpc) is 2.96. The van der Waals surface area contributed by atoms with Crippen molar-refractivity contribution in [2.45, 2.75) is 31.7 Å². The lowest BCUT2D eigenvalue weighted by atomic mass is 9.92. The molecular weight excluding hydrogens is 232 g/mol. The van der Waals surface area contributed by atoms with Gasteiger partial charge in [-0.1, -0.05) is 30.5 Å². The van der Waals surface area contributed by atoms with E-state index < -0.39 is 0 Å². The van der Waals surface area contributed by atoms with Crippen molar-refractivity contribution in [2.24, 2.45) is 11.7 Å². The molecule has 0 bridgehead atoms. The molecule has 1 heterocycles. The number of benzene rings is 1. The first-order chi connectivity index (χ1) is 8.25. The summed E-state index contributed by atoms with van der Waals surface area (Å²) in [6.07, 6.45) is 7.23. The van der Waals surface area contributed by atoms with Gasteiger partial charge in [-0.3, -0.25) is 0 Å². The Bertz CT molecular complexity index is 526. The summed E-state index contributed by atoms with van der Waals surface area (Å²) < 4.78 is 0. The number of nitrogens with one attached hydrogen (secondary N) is 1. The molecule has 0 radical (unpaired) electrons. The van der Waals surface area contributed by atoms with Crippen molar-refractivity contribution < 1.29 is 0 Å². The molecule has 3 heteroatoms. The van der Waals surface area contributed by atoms with Gasteiger partial charge in [-0.05, 0) is 36.5 Å². The van der Waals surface area contributed by atoms with Crippen LogP contribution in [0, 0.1) is 5.92 Å². The standard InChI is InChI=1S/C14H17ClN2/c15-10-5-6-11-12(8-17-13(11)7-10)14(16)9-3-1-2-4-9/h5-9,14,17H,1-4,16H2. The number of aromatic nitrogens is 1. The predicted molar refractivity (Wildman–Crippen MR) is 72.2 cm³/mol. The van der Waals surface area contributed by atoms with E-state index >= 15 is 0 Å². The number of hydrogen-bond donors (Lipinski definition) is 2. The van der Waals surface area contributed by atoms with Gasteiger partial charge in [0.05, 0.1) is 0 Å². The van der Waals surface area contributed by atoms with Crippen LogP contribution in [0.15, 0.2) is 24.4 Å². The maximum Gasteiger partial charge on any atom is 0.0472 e. The van der Waals surface area contributed by atoms with Crippen molar-refractivity contribution in [3.8, 4) is 0 Å². The topological polar surface area (TPSA) is 41.8 Å². The van der Waals surface area contributed by atoms with Gasteiger partial charge in [0, 0.05) is 28.2 Å². The number of H-pyrrole nitrogens is 1. The molecule has 1 aliphatic rings. The summed E-state index contributed by atoms with van der Waals surface area (Å²) in [7, 11) is 0. The summed E-state index contributed by atoms with van der Waals surface area (Å²) in [6, 6.07) is 6.12. The smallest absolute Gasteiger partial charge is 0.0472 e. The van der Waals surface area contributed by atoms with E-state index in [9.17, 15) is 0 Å². The Morgan fingerprint density at radius 2 is 2.06 bits per heavy atom. The molecule has 1 fully saturated rings. The van der Waals surface area contributed by atoms with Gasteiger partial charge in [0.2, 0.25) is 0 Å². The summed E-state index contributed by atoms with van der Waals surface area (Å²) in [5, 5.41) is 1.98. The van der Waals surface area contributed by atoms with E-state index in [1.54, 1.807) is 0 Å². The fourth-order valence-electron chi connectivity index (χ4n) is 2.97. The normalized spacial score (nSPS) is 18.9. The lowest BCUT2D eigenvalue weighted by Gasteiger charge is -2.18. The first-order valence-electron chi connectivity index (χ1n) is 6.28. The summed E-state index contributed by atoms with van der Waals surface area (Å²) in [5.74, 6) is 0.643. The predicted octanol–water partition coefficient (Wildman–Crippen LogP) is 4.01. The SMILES string of the molecule is NC(c1c[nH]c2cc(Cl)ccc12)C1CCCC1. The van der Waals surface area contributed by atoms with Crippen LogP contribution in [0.5, 0.6) is 0 Å². The second-order valence-electron chi connectivity index (χ2n) is 5.00. The maximum absolute atomic E-state index is 6.40. The van der Waals surface area contributed by atoms with Gasteiger partial charge in [-0.15, -0.1) is 0 Å². The Hall–Kier alpha value is -0.990. The van der Waals surface area contributed by atoms with Crippen LogP contribution in [0.3, 0.4) is 0 Å². The van der Waals surface area contributed by atoms with Crippen molar-refractivity contribution in [1.29, 1.82) is 0 Å². The average molecular weight is 249 g/mol. The highest BCUT2D eigenvalue weighted by Crippen LogP contribution is 2.37. The van der Waals surface area contributed by atoms with Gasteiger partial charge in [0.1, 0.15) is 0 Å². The molecule has 1 aromatic carbocycles. The van der Waals surface area contributed by atoms with E-state index in [1.165, 1.54) is 36.6 Å². The molecule has 90 valence electrons. The van der Waals surface area contributed by atoms with Crippen LogP contribution in [-0.2, 0) is 0 Å². The molecule has 1 unspecified atom stereocenters. The molecule has 2 aromatic rings. The Morgan fingerprint density at radius 1 is 1.29 bits per heavy atom. The zero-order valence-corrected chi connectivity index (χ0v) is 10.5. The lowest BCUT2D eigenvalue weighted by Crippen LogP contribution is -2.18. The molecule has 1 aliphatic carbocycles. The van der Waals surface area contributed by atoms with Crippen LogP contribution in [-0.4, -0.2) is 4.98 Å². The van der Waals surface area contributed by atoms with Crippen molar-refractivity contribution in [2.75, 3.05) is 0 Å². The number of fused-ring (bicyclic) bond motifs is 1.